The lowest BCUT2D eigenvalue weighted by atomic mass is 10.3. The number of hydrogen-bond acceptors (Lipinski definition) is 8. The third-order valence-corrected chi connectivity index (χ3v) is 8.78. The van der Waals surface area contributed by atoms with Crippen molar-refractivity contribution < 1.29 is 8.42 Å². The van der Waals surface area contributed by atoms with Gasteiger partial charge in [-0.1, -0.05) is 0 Å². The van der Waals surface area contributed by atoms with Crippen molar-refractivity contribution in [3.63, 3.8) is 0 Å². The van der Waals surface area contributed by atoms with Gasteiger partial charge in [0.15, 0.2) is 0 Å². The van der Waals surface area contributed by atoms with Crippen LogP contribution in [0.15, 0.2) is 34.2 Å². The number of fused-ring (bicyclic) bond motifs is 1. The van der Waals surface area contributed by atoms with Crippen LogP contribution in [0, 0.1) is 13.8 Å². The molecule has 0 atom stereocenters. The van der Waals surface area contributed by atoms with Gasteiger partial charge in [-0.05, 0) is 51.8 Å². The van der Waals surface area contributed by atoms with E-state index in [1.54, 1.807) is 28.0 Å². The van der Waals surface area contributed by atoms with E-state index in [9.17, 15) is 13.2 Å². The van der Waals surface area contributed by atoms with Crippen LogP contribution in [0.5, 0.6) is 0 Å². The predicted molar refractivity (Wildman–Crippen MR) is 120 cm³/mol. The molecule has 0 saturated heterocycles. The van der Waals surface area contributed by atoms with Crippen molar-refractivity contribution >= 4 is 43.9 Å². The Balaban J connectivity index is 1.69. The standard InChI is InChI=1S/C19H20N6O3S3/c1-11-16(29-12(2)22-11)9-24-14-5-4-13(31(27,28)23-19(3)6-7-19)8-15(14)25(18(24)26)17-20-10-21-30-17/h4-5,8,10,23H,6-7,9H2,1-3H3. The molecule has 162 valence electrons. The number of sulfonamides is 1. The molecule has 5 rings (SSSR count). The Labute approximate surface area is 186 Å². The highest BCUT2D eigenvalue weighted by Crippen LogP contribution is 2.36. The molecule has 1 aromatic carbocycles. The van der Waals surface area contributed by atoms with E-state index >= 15 is 0 Å². The van der Waals surface area contributed by atoms with Gasteiger partial charge in [-0.15, -0.1) is 11.3 Å². The SMILES string of the molecule is Cc1nc(C)c(Cn2c(=O)n(-c3ncns3)c3cc(S(=O)(=O)NC4(C)CC4)ccc32)s1. The first kappa shape index (κ1) is 20.5. The molecule has 1 aliphatic rings. The minimum Gasteiger partial charge on any atom is -0.286 e. The summed E-state index contributed by atoms with van der Waals surface area (Å²) in [5, 5.41) is 1.32. The molecule has 0 spiro atoms. The molecule has 1 aliphatic carbocycles. The van der Waals surface area contributed by atoms with Gasteiger partial charge in [-0.2, -0.15) is 4.37 Å². The van der Waals surface area contributed by atoms with Crippen LogP contribution in [0.1, 0.15) is 35.3 Å². The monoisotopic (exact) mass is 476 g/mol. The molecule has 1 saturated carbocycles. The van der Waals surface area contributed by atoms with Gasteiger partial charge >= 0.3 is 5.69 Å². The third-order valence-electron chi connectivity index (χ3n) is 5.43. The Bertz CT molecular complexity index is 1460. The van der Waals surface area contributed by atoms with Crippen molar-refractivity contribution in [2.75, 3.05) is 0 Å². The molecule has 12 heteroatoms. The maximum absolute atomic E-state index is 13.4. The van der Waals surface area contributed by atoms with Crippen LogP contribution in [-0.4, -0.2) is 37.4 Å². The quantitative estimate of drug-likeness (QED) is 0.458. The summed E-state index contributed by atoms with van der Waals surface area (Å²) in [4.78, 5) is 23.1. The first-order valence-electron chi connectivity index (χ1n) is 9.66. The van der Waals surface area contributed by atoms with Crippen molar-refractivity contribution in [3.05, 3.63) is 50.6 Å². The molecule has 0 amide bonds. The number of aromatic nitrogens is 5. The van der Waals surface area contributed by atoms with Crippen molar-refractivity contribution in [1.29, 1.82) is 0 Å². The molecule has 3 aromatic heterocycles. The van der Waals surface area contributed by atoms with E-state index in [0.717, 1.165) is 40.0 Å². The zero-order chi connectivity index (χ0) is 22.0. The average molecular weight is 477 g/mol. The van der Waals surface area contributed by atoms with Crippen LogP contribution in [0.2, 0.25) is 0 Å². The van der Waals surface area contributed by atoms with Crippen LogP contribution in [0.4, 0.5) is 0 Å². The summed E-state index contributed by atoms with van der Waals surface area (Å²) >= 11 is 2.62. The fraction of sp³-hybridized carbons (Fsp3) is 0.368. The Morgan fingerprint density at radius 1 is 1.23 bits per heavy atom. The van der Waals surface area contributed by atoms with Crippen LogP contribution < -0.4 is 10.4 Å². The largest absolute Gasteiger partial charge is 0.335 e. The number of aryl methyl sites for hydroxylation is 2. The number of nitrogens with one attached hydrogen (secondary N) is 1. The minimum absolute atomic E-state index is 0.119. The van der Waals surface area contributed by atoms with Crippen LogP contribution in [0.25, 0.3) is 16.2 Å². The number of imidazole rings is 1. The molecule has 0 bridgehead atoms. The van der Waals surface area contributed by atoms with E-state index in [0.29, 0.717) is 22.7 Å². The molecular weight excluding hydrogens is 456 g/mol. The van der Waals surface area contributed by atoms with Gasteiger partial charge in [-0.3, -0.25) is 4.57 Å². The Hall–Kier alpha value is -2.41. The van der Waals surface area contributed by atoms with Crippen LogP contribution >= 0.6 is 22.9 Å². The molecule has 3 heterocycles. The molecule has 31 heavy (non-hydrogen) atoms. The third kappa shape index (κ3) is 3.63. The van der Waals surface area contributed by atoms with E-state index in [1.807, 2.05) is 20.8 Å². The maximum Gasteiger partial charge on any atom is 0.335 e. The molecule has 4 aromatic rings. The fourth-order valence-electron chi connectivity index (χ4n) is 3.54. The topological polar surface area (TPSA) is 112 Å². The number of nitrogens with zero attached hydrogens (tertiary/aromatic N) is 5. The molecule has 9 nitrogen and oxygen atoms in total. The summed E-state index contributed by atoms with van der Waals surface area (Å²) in [6.45, 7) is 6.08. The molecule has 1 fully saturated rings. The molecule has 0 aliphatic heterocycles. The Morgan fingerprint density at radius 2 is 2.00 bits per heavy atom. The molecule has 1 N–H and O–H groups in total. The first-order valence-corrected chi connectivity index (χ1v) is 12.7. The predicted octanol–water partition coefficient (Wildman–Crippen LogP) is 2.60. The summed E-state index contributed by atoms with van der Waals surface area (Å²) in [7, 11) is -3.71. The van der Waals surface area contributed by atoms with Gasteiger partial charge in [-0.25, -0.2) is 32.5 Å². The number of thiazole rings is 1. The maximum atomic E-state index is 13.4. The average Bonchev–Trinajstić information content (AvgIpc) is 3.05. The van der Waals surface area contributed by atoms with E-state index in [2.05, 4.69) is 19.1 Å². The lowest BCUT2D eigenvalue weighted by molar-refractivity contribution is 0.558. The van der Waals surface area contributed by atoms with Crippen molar-refractivity contribution in [2.45, 2.75) is 50.6 Å². The molecule has 0 radical (unpaired) electrons. The smallest absolute Gasteiger partial charge is 0.286 e. The molecule has 0 unspecified atom stereocenters. The van der Waals surface area contributed by atoms with E-state index < -0.39 is 10.0 Å². The van der Waals surface area contributed by atoms with Crippen molar-refractivity contribution in [2.24, 2.45) is 0 Å². The van der Waals surface area contributed by atoms with E-state index in [4.69, 9.17) is 0 Å². The van der Waals surface area contributed by atoms with Gasteiger partial charge in [0.1, 0.15) is 6.33 Å². The second-order valence-electron chi connectivity index (χ2n) is 7.99. The number of benzene rings is 1. The second kappa shape index (κ2) is 7.05. The normalized spacial score (nSPS) is 15.6. The summed E-state index contributed by atoms with van der Waals surface area (Å²) in [5.41, 5.74) is 1.30. The second-order valence-corrected chi connectivity index (χ2v) is 11.7. The van der Waals surface area contributed by atoms with Gasteiger partial charge in [0, 0.05) is 21.9 Å². The zero-order valence-electron chi connectivity index (χ0n) is 17.1. The van der Waals surface area contributed by atoms with Crippen LogP contribution in [-0.2, 0) is 16.6 Å². The summed E-state index contributed by atoms with van der Waals surface area (Å²) in [5.74, 6) is 0. The number of rotatable bonds is 6. The van der Waals surface area contributed by atoms with Crippen LogP contribution in [0.3, 0.4) is 0 Å². The first-order chi connectivity index (χ1) is 14.7. The fourth-order valence-corrected chi connectivity index (χ4v) is 6.50. The lowest BCUT2D eigenvalue weighted by Crippen LogP contribution is -2.34. The number of hydrogen-bond donors (Lipinski definition) is 1. The Kier molecular flexibility index (Phi) is 4.66. The lowest BCUT2D eigenvalue weighted by Gasteiger charge is -2.12. The highest BCUT2D eigenvalue weighted by molar-refractivity contribution is 7.89. The van der Waals surface area contributed by atoms with Gasteiger partial charge < -0.3 is 0 Å². The molecular formula is C19H20N6O3S3. The van der Waals surface area contributed by atoms with Gasteiger partial charge in [0.05, 0.1) is 33.2 Å². The van der Waals surface area contributed by atoms with E-state index in [-0.39, 0.29) is 16.1 Å². The minimum atomic E-state index is -3.71. The highest BCUT2D eigenvalue weighted by Gasteiger charge is 2.41. The Morgan fingerprint density at radius 3 is 2.61 bits per heavy atom. The zero-order valence-corrected chi connectivity index (χ0v) is 19.6. The van der Waals surface area contributed by atoms with Gasteiger partial charge in [0.25, 0.3) is 0 Å². The highest BCUT2D eigenvalue weighted by atomic mass is 32.2. The summed E-state index contributed by atoms with van der Waals surface area (Å²) < 4.78 is 35.7. The summed E-state index contributed by atoms with van der Waals surface area (Å²) in [6.07, 6.45) is 3.00. The van der Waals surface area contributed by atoms with Crippen molar-refractivity contribution in [3.8, 4) is 5.13 Å². The van der Waals surface area contributed by atoms with Crippen molar-refractivity contribution in [1.82, 2.24) is 28.2 Å². The van der Waals surface area contributed by atoms with Gasteiger partial charge in [0.2, 0.25) is 15.2 Å². The summed E-state index contributed by atoms with van der Waals surface area (Å²) in [6, 6.07) is 4.76. The van der Waals surface area contributed by atoms with E-state index in [1.165, 1.54) is 17.0 Å².